The number of piperidine rings is 1. The van der Waals surface area contributed by atoms with Crippen molar-refractivity contribution in [3.8, 4) is 0 Å². The molecule has 25 heavy (non-hydrogen) atoms. The number of nitrogens with one attached hydrogen (secondary N) is 1. The first kappa shape index (κ1) is 17.9. The summed E-state index contributed by atoms with van der Waals surface area (Å²) in [5.74, 6) is 0.120. The first-order valence-corrected chi connectivity index (χ1v) is 9.41. The molecule has 0 aliphatic carbocycles. The molecule has 2 aliphatic rings. The van der Waals surface area contributed by atoms with Crippen molar-refractivity contribution in [3.05, 3.63) is 35.9 Å². The van der Waals surface area contributed by atoms with Crippen molar-refractivity contribution >= 4 is 11.8 Å². The van der Waals surface area contributed by atoms with Crippen molar-refractivity contribution in [2.45, 2.75) is 63.7 Å². The molecule has 136 valence electrons. The molecular weight excluding hydrogens is 316 g/mol. The molecule has 1 aromatic carbocycles. The van der Waals surface area contributed by atoms with Gasteiger partial charge in [0.05, 0.1) is 12.2 Å². The molecule has 0 unspecified atom stereocenters. The average molecular weight is 344 g/mol. The summed E-state index contributed by atoms with van der Waals surface area (Å²) in [6.07, 6.45) is 5.83. The predicted octanol–water partition coefficient (Wildman–Crippen LogP) is 2.76. The Morgan fingerprint density at radius 1 is 1.20 bits per heavy atom. The molecule has 2 fully saturated rings. The molecule has 0 aromatic heterocycles. The van der Waals surface area contributed by atoms with E-state index in [1.165, 1.54) is 0 Å². The van der Waals surface area contributed by atoms with Gasteiger partial charge >= 0.3 is 0 Å². The van der Waals surface area contributed by atoms with Crippen molar-refractivity contribution in [1.29, 1.82) is 0 Å². The van der Waals surface area contributed by atoms with Crippen LogP contribution in [-0.4, -0.2) is 48.1 Å². The zero-order chi connectivity index (χ0) is 17.6. The third-order valence-corrected chi connectivity index (χ3v) is 5.11. The summed E-state index contributed by atoms with van der Waals surface area (Å²) in [5, 5.41) is 3.10. The lowest BCUT2D eigenvalue weighted by molar-refractivity contribution is -0.122. The van der Waals surface area contributed by atoms with Crippen molar-refractivity contribution in [2.24, 2.45) is 0 Å². The number of carbonyl (C=O) groups is 2. The second kappa shape index (κ2) is 8.48. The van der Waals surface area contributed by atoms with E-state index in [2.05, 4.69) is 12.2 Å². The average Bonchev–Trinajstić information content (AvgIpc) is 3.06. The van der Waals surface area contributed by atoms with Gasteiger partial charge < -0.3 is 15.0 Å². The monoisotopic (exact) mass is 344 g/mol. The molecule has 0 saturated carbocycles. The number of hydrogen-bond donors (Lipinski definition) is 1. The van der Waals surface area contributed by atoms with Gasteiger partial charge in [-0.25, -0.2) is 0 Å². The van der Waals surface area contributed by atoms with Gasteiger partial charge in [-0.05, 0) is 51.2 Å². The van der Waals surface area contributed by atoms with Crippen molar-refractivity contribution < 1.29 is 14.3 Å². The van der Waals surface area contributed by atoms with Crippen LogP contribution in [0.3, 0.4) is 0 Å². The first-order chi connectivity index (χ1) is 12.1. The molecule has 2 amide bonds. The minimum atomic E-state index is 0.0490. The minimum Gasteiger partial charge on any atom is -0.375 e. The Bertz CT molecular complexity index is 590. The maximum absolute atomic E-state index is 12.6. The molecule has 1 N–H and O–H groups in total. The molecule has 0 radical (unpaired) electrons. The number of amides is 2. The molecule has 2 saturated heterocycles. The molecule has 5 heteroatoms. The Kier molecular flexibility index (Phi) is 6.08. The van der Waals surface area contributed by atoms with Crippen LogP contribution in [0.25, 0.3) is 0 Å². The molecule has 0 spiro atoms. The summed E-state index contributed by atoms with van der Waals surface area (Å²) in [5.41, 5.74) is 0.710. The maximum Gasteiger partial charge on any atom is 0.253 e. The molecule has 3 rings (SSSR count). The molecule has 2 heterocycles. The van der Waals surface area contributed by atoms with Crippen LogP contribution >= 0.6 is 0 Å². The van der Waals surface area contributed by atoms with E-state index in [4.69, 9.17) is 4.74 Å². The van der Waals surface area contributed by atoms with E-state index in [-0.39, 0.29) is 24.0 Å². The highest BCUT2D eigenvalue weighted by molar-refractivity contribution is 5.94. The van der Waals surface area contributed by atoms with Gasteiger partial charge in [-0.2, -0.15) is 0 Å². The molecular formula is C20H28N2O3. The standard InChI is InChI=1S/C20H28N2O3/c1-15-9-10-18(25-15)11-12-19(23)21-17-8-5-13-22(14-17)20(24)16-6-3-2-4-7-16/h2-4,6-7,15,17-18H,5,8-14H2,1H3,(H,21,23)/t15-,17+,18-/m1/s1. The maximum atomic E-state index is 12.6. The van der Waals surface area contributed by atoms with Gasteiger partial charge in [0.25, 0.3) is 5.91 Å². The Hall–Kier alpha value is -1.88. The van der Waals surface area contributed by atoms with E-state index in [1.807, 2.05) is 35.2 Å². The summed E-state index contributed by atoms with van der Waals surface area (Å²) >= 11 is 0. The van der Waals surface area contributed by atoms with Crippen LogP contribution in [0, 0.1) is 0 Å². The van der Waals surface area contributed by atoms with E-state index < -0.39 is 0 Å². The Labute approximate surface area is 149 Å². The normalized spacial score (nSPS) is 26.4. The number of likely N-dealkylation sites (tertiary alicyclic amines) is 1. The van der Waals surface area contributed by atoms with Gasteiger partial charge in [-0.1, -0.05) is 18.2 Å². The van der Waals surface area contributed by atoms with E-state index in [0.717, 1.165) is 38.6 Å². The zero-order valence-electron chi connectivity index (χ0n) is 14.9. The summed E-state index contributed by atoms with van der Waals surface area (Å²) in [7, 11) is 0. The van der Waals surface area contributed by atoms with Crippen molar-refractivity contribution in [3.63, 3.8) is 0 Å². The molecule has 5 nitrogen and oxygen atoms in total. The Morgan fingerprint density at radius 2 is 2.00 bits per heavy atom. The second-order valence-electron chi connectivity index (χ2n) is 7.21. The number of carbonyl (C=O) groups excluding carboxylic acids is 2. The fraction of sp³-hybridized carbons (Fsp3) is 0.600. The van der Waals surface area contributed by atoms with Gasteiger partial charge in [-0.3, -0.25) is 9.59 Å². The lowest BCUT2D eigenvalue weighted by Gasteiger charge is -2.33. The van der Waals surface area contributed by atoms with E-state index in [9.17, 15) is 9.59 Å². The SMILES string of the molecule is C[C@@H]1CC[C@H](CCC(=O)N[C@H]2CCCN(C(=O)c3ccccc3)C2)O1. The highest BCUT2D eigenvalue weighted by Gasteiger charge is 2.26. The number of benzene rings is 1. The smallest absolute Gasteiger partial charge is 0.253 e. The topological polar surface area (TPSA) is 58.6 Å². The van der Waals surface area contributed by atoms with Gasteiger partial charge in [0.15, 0.2) is 0 Å². The lowest BCUT2D eigenvalue weighted by Crippen LogP contribution is -2.49. The summed E-state index contributed by atoms with van der Waals surface area (Å²) in [6, 6.07) is 9.40. The van der Waals surface area contributed by atoms with Crippen LogP contribution in [0.15, 0.2) is 30.3 Å². The number of nitrogens with zero attached hydrogens (tertiary/aromatic N) is 1. The largest absolute Gasteiger partial charge is 0.375 e. The van der Waals surface area contributed by atoms with Gasteiger partial charge in [0.2, 0.25) is 5.91 Å². The van der Waals surface area contributed by atoms with Crippen LogP contribution in [0.1, 0.15) is 55.8 Å². The Morgan fingerprint density at radius 3 is 2.72 bits per heavy atom. The highest BCUT2D eigenvalue weighted by Crippen LogP contribution is 2.22. The van der Waals surface area contributed by atoms with Crippen LogP contribution in [-0.2, 0) is 9.53 Å². The van der Waals surface area contributed by atoms with Crippen LogP contribution in [0.5, 0.6) is 0 Å². The van der Waals surface area contributed by atoms with Gasteiger partial charge in [-0.15, -0.1) is 0 Å². The quantitative estimate of drug-likeness (QED) is 0.893. The summed E-state index contributed by atoms with van der Waals surface area (Å²) < 4.78 is 5.77. The fourth-order valence-electron chi connectivity index (χ4n) is 3.73. The fourth-order valence-corrected chi connectivity index (χ4v) is 3.73. The van der Waals surface area contributed by atoms with Gasteiger partial charge in [0, 0.05) is 31.1 Å². The van der Waals surface area contributed by atoms with Crippen LogP contribution < -0.4 is 5.32 Å². The van der Waals surface area contributed by atoms with E-state index in [1.54, 1.807) is 0 Å². The predicted molar refractivity (Wildman–Crippen MR) is 96.3 cm³/mol. The summed E-state index contributed by atoms with van der Waals surface area (Å²) in [4.78, 5) is 26.6. The Balaban J connectivity index is 1.45. The lowest BCUT2D eigenvalue weighted by atomic mass is 10.0. The van der Waals surface area contributed by atoms with Crippen LogP contribution in [0.4, 0.5) is 0 Å². The van der Waals surface area contributed by atoms with E-state index in [0.29, 0.717) is 24.6 Å². The molecule has 3 atom stereocenters. The van der Waals surface area contributed by atoms with Crippen molar-refractivity contribution in [2.75, 3.05) is 13.1 Å². The number of ether oxygens (including phenoxy) is 1. The highest BCUT2D eigenvalue weighted by atomic mass is 16.5. The second-order valence-corrected chi connectivity index (χ2v) is 7.21. The first-order valence-electron chi connectivity index (χ1n) is 9.41. The zero-order valence-corrected chi connectivity index (χ0v) is 14.9. The summed E-state index contributed by atoms with van der Waals surface area (Å²) in [6.45, 7) is 3.44. The van der Waals surface area contributed by atoms with Crippen LogP contribution in [0.2, 0.25) is 0 Å². The third-order valence-electron chi connectivity index (χ3n) is 5.11. The third kappa shape index (κ3) is 5.05. The number of hydrogen-bond acceptors (Lipinski definition) is 3. The van der Waals surface area contributed by atoms with E-state index >= 15 is 0 Å². The number of rotatable bonds is 5. The molecule has 0 bridgehead atoms. The molecule has 2 aliphatic heterocycles. The molecule has 1 aromatic rings. The van der Waals surface area contributed by atoms with Crippen molar-refractivity contribution in [1.82, 2.24) is 10.2 Å². The van der Waals surface area contributed by atoms with Gasteiger partial charge in [0.1, 0.15) is 0 Å². The minimum absolute atomic E-state index is 0.0490.